The molecule has 8 heteroatoms. The quantitative estimate of drug-likeness (QED) is 0.511. The van der Waals surface area contributed by atoms with Gasteiger partial charge in [0.1, 0.15) is 11.5 Å². The van der Waals surface area contributed by atoms with Crippen LogP contribution in [0.2, 0.25) is 10.0 Å². The number of benzene rings is 2. The van der Waals surface area contributed by atoms with Gasteiger partial charge in [-0.25, -0.2) is 0 Å². The topological polar surface area (TPSA) is 76.7 Å². The number of rotatable bonds is 10. The fourth-order valence-corrected chi connectivity index (χ4v) is 3.14. The number of hydrogen-bond acceptors (Lipinski definition) is 4. The van der Waals surface area contributed by atoms with Crippen LogP contribution in [0.5, 0.6) is 11.5 Å². The van der Waals surface area contributed by atoms with Crippen LogP contribution in [0.15, 0.2) is 24.3 Å². The standard InChI is InChI=1S/C23H28Cl2N2O4/c1-14-8-18(9-15(2)22(14)24)30-12-20(28)26-6-5-7-27-21(29)13-31-19-10-16(3)23(25)17(4)11-19/h8-11H,5-7,12-13H2,1-4H3,(H,26,28)(H,27,29). The van der Waals surface area contributed by atoms with Crippen LogP contribution < -0.4 is 20.1 Å². The van der Waals surface area contributed by atoms with Crippen molar-refractivity contribution in [3.05, 3.63) is 56.6 Å². The Kier molecular flexibility index (Phi) is 9.46. The highest BCUT2D eigenvalue weighted by molar-refractivity contribution is 6.32. The summed E-state index contributed by atoms with van der Waals surface area (Å²) in [7, 11) is 0. The minimum absolute atomic E-state index is 0.0827. The number of carbonyl (C=O) groups is 2. The Morgan fingerprint density at radius 1 is 0.710 bits per heavy atom. The lowest BCUT2D eigenvalue weighted by Crippen LogP contribution is -2.34. The Bertz CT molecular complexity index is 826. The largest absolute Gasteiger partial charge is 0.484 e. The second kappa shape index (κ2) is 11.8. The van der Waals surface area contributed by atoms with Gasteiger partial charge in [-0.15, -0.1) is 0 Å². The van der Waals surface area contributed by atoms with Crippen molar-refractivity contribution in [3.63, 3.8) is 0 Å². The molecule has 2 aromatic carbocycles. The van der Waals surface area contributed by atoms with E-state index in [1.54, 1.807) is 24.3 Å². The Morgan fingerprint density at radius 2 is 1.03 bits per heavy atom. The molecule has 0 fully saturated rings. The Morgan fingerprint density at radius 3 is 1.35 bits per heavy atom. The highest BCUT2D eigenvalue weighted by atomic mass is 35.5. The molecule has 6 nitrogen and oxygen atoms in total. The third-order valence-electron chi connectivity index (χ3n) is 4.56. The second-order valence-electron chi connectivity index (χ2n) is 7.37. The smallest absolute Gasteiger partial charge is 0.257 e. The summed E-state index contributed by atoms with van der Waals surface area (Å²) in [6.45, 7) is 8.24. The van der Waals surface area contributed by atoms with Crippen molar-refractivity contribution in [1.29, 1.82) is 0 Å². The van der Waals surface area contributed by atoms with E-state index >= 15 is 0 Å². The summed E-state index contributed by atoms with van der Waals surface area (Å²) in [5.74, 6) is 0.752. The Balaban J connectivity index is 1.60. The molecule has 2 amide bonds. The van der Waals surface area contributed by atoms with Crippen molar-refractivity contribution in [2.75, 3.05) is 26.3 Å². The van der Waals surface area contributed by atoms with Crippen molar-refractivity contribution in [3.8, 4) is 11.5 Å². The first kappa shape index (κ1) is 24.8. The summed E-state index contributed by atoms with van der Waals surface area (Å²) in [6.07, 6.45) is 0.593. The van der Waals surface area contributed by atoms with E-state index < -0.39 is 0 Å². The number of halogens is 2. The molecular weight excluding hydrogens is 439 g/mol. The zero-order chi connectivity index (χ0) is 23.0. The fraction of sp³-hybridized carbons (Fsp3) is 0.391. The zero-order valence-electron chi connectivity index (χ0n) is 18.2. The normalized spacial score (nSPS) is 10.5. The first-order valence-electron chi connectivity index (χ1n) is 10.00. The van der Waals surface area contributed by atoms with E-state index in [9.17, 15) is 9.59 Å². The van der Waals surface area contributed by atoms with Gasteiger partial charge in [0.05, 0.1) is 0 Å². The van der Waals surface area contributed by atoms with Gasteiger partial charge in [0.25, 0.3) is 11.8 Å². The first-order valence-corrected chi connectivity index (χ1v) is 10.8. The second-order valence-corrected chi connectivity index (χ2v) is 8.13. The van der Waals surface area contributed by atoms with Crippen molar-refractivity contribution in [2.24, 2.45) is 0 Å². The molecule has 0 heterocycles. The van der Waals surface area contributed by atoms with Gasteiger partial charge >= 0.3 is 0 Å². The molecule has 2 rings (SSSR count). The molecule has 0 bridgehead atoms. The predicted molar refractivity (Wildman–Crippen MR) is 123 cm³/mol. The van der Waals surface area contributed by atoms with E-state index in [0.29, 0.717) is 41.1 Å². The molecular formula is C23H28Cl2N2O4. The SMILES string of the molecule is Cc1cc(OCC(=O)NCCCNC(=O)COc2cc(C)c(Cl)c(C)c2)cc(C)c1Cl. The maximum Gasteiger partial charge on any atom is 0.257 e. The Hall–Kier alpha value is -2.44. The van der Waals surface area contributed by atoms with Crippen LogP contribution in [0.4, 0.5) is 0 Å². The molecule has 0 aliphatic rings. The molecule has 168 valence electrons. The molecule has 0 saturated carbocycles. The fourth-order valence-electron chi connectivity index (χ4n) is 2.92. The van der Waals surface area contributed by atoms with Crippen molar-refractivity contribution in [1.82, 2.24) is 10.6 Å². The maximum absolute atomic E-state index is 11.9. The number of aryl methyl sites for hydroxylation is 4. The van der Waals surface area contributed by atoms with E-state index in [0.717, 1.165) is 22.3 Å². The minimum Gasteiger partial charge on any atom is -0.484 e. The van der Waals surface area contributed by atoms with Gasteiger partial charge in [0.15, 0.2) is 13.2 Å². The molecule has 0 aromatic heterocycles. The zero-order valence-corrected chi connectivity index (χ0v) is 19.7. The van der Waals surface area contributed by atoms with Gasteiger partial charge < -0.3 is 20.1 Å². The summed E-state index contributed by atoms with van der Waals surface area (Å²) < 4.78 is 11.0. The molecule has 0 unspecified atom stereocenters. The molecule has 0 saturated heterocycles. The lowest BCUT2D eigenvalue weighted by molar-refractivity contribution is -0.123. The summed E-state index contributed by atoms with van der Waals surface area (Å²) in [5.41, 5.74) is 3.60. The lowest BCUT2D eigenvalue weighted by Gasteiger charge is -2.11. The Labute approximate surface area is 193 Å². The van der Waals surface area contributed by atoms with E-state index in [4.69, 9.17) is 32.7 Å². The number of hydrogen-bond donors (Lipinski definition) is 2. The summed E-state index contributed by atoms with van der Waals surface area (Å²) in [5, 5.41) is 6.91. The number of nitrogens with one attached hydrogen (secondary N) is 2. The summed E-state index contributed by atoms with van der Waals surface area (Å²) in [4.78, 5) is 23.8. The van der Waals surface area contributed by atoms with Crippen LogP contribution in [0, 0.1) is 27.7 Å². The van der Waals surface area contributed by atoms with E-state index in [1.807, 2.05) is 27.7 Å². The van der Waals surface area contributed by atoms with Crippen LogP contribution in [-0.4, -0.2) is 38.1 Å². The number of ether oxygens (including phenoxy) is 2. The van der Waals surface area contributed by atoms with Gasteiger partial charge in [0, 0.05) is 23.1 Å². The monoisotopic (exact) mass is 466 g/mol. The molecule has 0 radical (unpaired) electrons. The summed E-state index contributed by atoms with van der Waals surface area (Å²) in [6, 6.07) is 7.19. The molecule has 0 aliphatic heterocycles. The lowest BCUT2D eigenvalue weighted by atomic mass is 10.1. The molecule has 2 aromatic rings. The van der Waals surface area contributed by atoms with Gasteiger partial charge in [-0.1, -0.05) is 23.2 Å². The van der Waals surface area contributed by atoms with Crippen molar-refractivity contribution < 1.29 is 19.1 Å². The molecule has 0 atom stereocenters. The average Bonchev–Trinajstić information content (AvgIpc) is 2.72. The van der Waals surface area contributed by atoms with Crippen LogP contribution in [0.3, 0.4) is 0 Å². The van der Waals surface area contributed by atoms with Crippen LogP contribution in [0.25, 0.3) is 0 Å². The molecule has 0 aliphatic carbocycles. The van der Waals surface area contributed by atoms with E-state index in [1.165, 1.54) is 0 Å². The predicted octanol–water partition coefficient (Wildman–Crippen LogP) is 4.31. The van der Waals surface area contributed by atoms with Crippen LogP contribution in [0.1, 0.15) is 28.7 Å². The van der Waals surface area contributed by atoms with Crippen molar-refractivity contribution >= 4 is 35.0 Å². The van der Waals surface area contributed by atoms with Crippen LogP contribution in [-0.2, 0) is 9.59 Å². The van der Waals surface area contributed by atoms with Crippen molar-refractivity contribution in [2.45, 2.75) is 34.1 Å². The first-order chi connectivity index (χ1) is 14.7. The third-order valence-corrected chi connectivity index (χ3v) is 5.75. The van der Waals surface area contributed by atoms with Gasteiger partial charge in [-0.3, -0.25) is 9.59 Å². The average molecular weight is 467 g/mol. The molecule has 2 N–H and O–H groups in total. The highest BCUT2D eigenvalue weighted by Crippen LogP contribution is 2.26. The van der Waals surface area contributed by atoms with Gasteiger partial charge in [0.2, 0.25) is 0 Å². The molecule has 0 spiro atoms. The maximum atomic E-state index is 11.9. The van der Waals surface area contributed by atoms with Gasteiger partial charge in [-0.05, 0) is 80.6 Å². The minimum atomic E-state index is -0.228. The van der Waals surface area contributed by atoms with E-state index in [2.05, 4.69) is 10.6 Å². The molecule has 31 heavy (non-hydrogen) atoms. The third kappa shape index (κ3) is 7.96. The van der Waals surface area contributed by atoms with Gasteiger partial charge in [-0.2, -0.15) is 0 Å². The number of amides is 2. The summed E-state index contributed by atoms with van der Waals surface area (Å²) >= 11 is 12.2. The highest BCUT2D eigenvalue weighted by Gasteiger charge is 2.08. The van der Waals surface area contributed by atoms with E-state index in [-0.39, 0.29) is 25.0 Å². The van der Waals surface area contributed by atoms with Crippen LogP contribution >= 0.6 is 23.2 Å². The number of carbonyl (C=O) groups excluding carboxylic acids is 2.